The average Bonchev–Trinajstić information content (AvgIpc) is 3.02. The van der Waals surface area contributed by atoms with E-state index < -0.39 is 0 Å². The lowest BCUT2D eigenvalue weighted by Crippen LogP contribution is -2.47. The Bertz CT molecular complexity index is 567. The van der Waals surface area contributed by atoms with Crippen molar-refractivity contribution in [1.82, 2.24) is 10.2 Å². The SMILES string of the molecule is Cc1ccc(C2CN(C(=O)NCCC3=CCOCC3)CCO2)o1. The third kappa shape index (κ3) is 4.36. The number of morpholine rings is 1. The highest BCUT2D eigenvalue weighted by Crippen LogP contribution is 2.24. The van der Waals surface area contributed by atoms with Crippen LogP contribution in [0.2, 0.25) is 0 Å². The van der Waals surface area contributed by atoms with Gasteiger partial charge in [-0.2, -0.15) is 0 Å². The lowest BCUT2D eigenvalue weighted by Gasteiger charge is -2.32. The summed E-state index contributed by atoms with van der Waals surface area (Å²) in [7, 11) is 0. The van der Waals surface area contributed by atoms with Crippen molar-refractivity contribution in [2.45, 2.75) is 25.9 Å². The minimum Gasteiger partial charge on any atom is -0.464 e. The summed E-state index contributed by atoms with van der Waals surface area (Å²) in [5.41, 5.74) is 1.36. The van der Waals surface area contributed by atoms with E-state index in [0.29, 0.717) is 32.8 Å². The number of furan rings is 1. The van der Waals surface area contributed by atoms with E-state index in [0.717, 1.165) is 31.0 Å². The van der Waals surface area contributed by atoms with Crippen LogP contribution in [0.4, 0.5) is 4.79 Å². The molecule has 0 aromatic carbocycles. The number of aryl methyl sites for hydroxylation is 1. The van der Waals surface area contributed by atoms with E-state index in [1.54, 1.807) is 4.90 Å². The summed E-state index contributed by atoms with van der Waals surface area (Å²) in [5, 5.41) is 3.00. The summed E-state index contributed by atoms with van der Waals surface area (Å²) in [6, 6.07) is 3.80. The molecule has 126 valence electrons. The summed E-state index contributed by atoms with van der Waals surface area (Å²) in [6.07, 6.45) is 3.79. The molecule has 1 fully saturated rings. The van der Waals surface area contributed by atoms with Gasteiger partial charge in [0.1, 0.15) is 17.6 Å². The molecule has 3 rings (SSSR count). The van der Waals surface area contributed by atoms with Gasteiger partial charge in [-0.1, -0.05) is 11.6 Å². The van der Waals surface area contributed by atoms with Crippen LogP contribution in [0.25, 0.3) is 0 Å². The highest BCUT2D eigenvalue weighted by Gasteiger charge is 2.27. The number of urea groups is 1. The van der Waals surface area contributed by atoms with Gasteiger partial charge in [-0.3, -0.25) is 0 Å². The fraction of sp³-hybridized carbons (Fsp3) is 0.588. The van der Waals surface area contributed by atoms with E-state index in [1.165, 1.54) is 5.57 Å². The molecule has 1 unspecified atom stereocenters. The van der Waals surface area contributed by atoms with Crippen molar-refractivity contribution in [3.05, 3.63) is 35.3 Å². The zero-order valence-corrected chi connectivity index (χ0v) is 13.5. The van der Waals surface area contributed by atoms with Gasteiger partial charge < -0.3 is 24.1 Å². The van der Waals surface area contributed by atoms with Crippen molar-refractivity contribution >= 4 is 6.03 Å². The van der Waals surface area contributed by atoms with E-state index in [9.17, 15) is 4.79 Å². The molecule has 0 radical (unpaired) electrons. The molecule has 1 atom stereocenters. The van der Waals surface area contributed by atoms with Gasteiger partial charge in [-0.05, 0) is 31.9 Å². The fourth-order valence-electron chi connectivity index (χ4n) is 2.87. The van der Waals surface area contributed by atoms with E-state index in [1.807, 2.05) is 19.1 Å². The zero-order valence-electron chi connectivity index (χ0n) is 13.5. The Morgan fingerprint density at radius 2 is 2.30 bits per heavy atom. The molecule has 1 saturated heterocycles. The second-order valence-electron chi connectivity index (χ2n) is 5.92. The van der Waals surface area contributed by atoms with Gasteiger partial charge in [0, 0.05) is 13.1 Å². The number of nitrogens with one attached hydrogen (secondary N) is 1. The minimum absolute atomic E-state index is 0.0331. The number of nitrogens with zero attached hydrogens (tertiary/aromatic N) is 1. The number of hydrogen-bond acceptors (Lipinski definition) is 4. The molecule has 0 spiro atoms. The molecule has 6 nitrogen and oxygen atoms in total. The second kappa shape index (κ2) is 7.66. The van der Waals surface area contributed by atoms with E-state index >= 15 is 0 Å². The average molecular weight is 320 g/mol. The zero-order chi connectivity index (χ0) is 16.1. The van der Waals surface area contributed by atoms with Crippen molar-refractivity contribution in [3.63, 3.8) is 0 Å². The first-order valence-electron chi connectivity index (χ1n) is 8.19. The fourth-order valence-corrected chi connectivity index (χ4v) is 2.87. The monoisotopic (exact) mass is 320 g/mol. The Hall–Kier alpha value is -1.79. The molecular formula is C17H24N2O4. The molecule has 0 bridgehead atoms. The first-order valence-corrected chi connectivity index (χ1v) is 8.19. The molecule has 3 heterocycles. The van der Waals surface area contributed by atoms with Gasteiger partial charge in [0.05, 0.1) is 26.4 Å². The molecule has 0 saturated carbocycles. The number of carbonyl (C=O) groups excluding carboxylic acids is 1. The molecule has 1 N–H and O–H groups in total. The Morgan fingerprint density at radius 3 is 3.04 bits per heavy atom. The van der Waals surface area contributed by atoms with Gasteiger partial charge in [-0.15, -0.1) is 0 Å². The second-order valence-corrected chi connectivity index (χ2v) is 5.92. The number of carbonyl (C=O) groups is 1. The summed E-state index contributed by atoms with van der Waals surface area (Å²) >= 11 is 0. The number of ether oxygens (including phenoxy) is 2. The molecular weight excluding hydrogens is 296 g/mol. The molecule has 2 aliphatic rings. The van der Waals surface area contributed by atoms with Crippen LogP contribution in [-0.4, -0.2) is 50.4 Å². The maximum absolute atomic E-state index is 12.3. The van der Waals surface area contributed by atoms with Crippen molar-refractivity contribution in [1.29, 1.82) is 0 Å². The standard InChI is InChI=1S/C17H24N2O4/c1-13-2-3-15(23-13)16-12-19(8-11-22-16)17(20)18-7-4-14-5-9-21-10-6-14/h2-3,5,16H,4,6-12H2,1H3,(H,18,20). The first-order chi connectivity index (χ1) is 11.2. The molecule has 6 heteroatoms. The Labute approximate surface area is 136 Å². The van der Waals surface area contributed by atoms with Crippen molar-refractivity contribution < 1.29 is 18.7 Å². The maximum Gasteiger partial charge on any atom is 0.317 e. The van der Waals surface area contributed by atoms with Gasteiger partial charge >= 0.3 is 6.03 Å². The predicted octanol–water partition coefficient (Wildman–Crippen LogP) is 2.41. The van der Waals surface area contributed by atoms with Crippen LogP contribution in [-0.2, 0) is 9.47 Å². The number of amides is 2. The molecule has 1 aromatic rings. The van der Waals surface area contributed by atoms with Crippen LogP contribution in [0.5, 0.6) is 0 Å². The third-order valence-electron chi connectivity index (χ3n) is 4.21. The van der Waals surface area contributed by atoms with Gasteiger partial charge in [0.2, 0.25) is 0 Å². The smallest absolute Gasteiger partial charge is 0.317 e. The predicted molar refractivity (Wildman–Crippen MR) is 85.2 cm³/mol. The van der Waals surface area contributed by atoms with Crippen LogP contribution < -0.4 is 5.32 Å². The summed E-state index contributed by atoms with van der Waals surface area (Å²) < 4.78 is 16.6. The van der Waals surface area contributed by atoms with Crippen LogP contribution in [0, 0.1) is 6.92 Å². The van der Waals surface area contributed by atoms with Crippen LogP contribution >= 0.6 is 0 Å². The quantitative estimate of drug-likeness (QED) is 0.865. The largest absolute Gasteiger partial charge is 0.464 e. The Balaban J connectivity index is 1.46. The van der Waals surface area contributed by atoms with E-state index in [-0.39, 0.29) is 12.1 Å². The minimum atomic E-state index is -0.179. The first kappa shape index (κ1) is 16.1. The van der Waals surface area contributed by atoms with Crippen LogP contribution in [0.3, 0.4) is 0 Å². The Kier molecular flexibility index (Phi) is 5.35. The topological polar surface area (TPSA) is 63.9 Å². The molecule has 2 amide bonds. The van der Waals surface area contributed by atoms with Crippen molar-refractivity contribution in [3.8, 4) is 0 Å². The summed E-state index contributed by atoms with van der Waals surface area (Å²) in [4.78, 5) is 14.1. The Morgan fingerprint density at radius 1 is 1.39 bits per heavy atom. The van der Waals surface area contributed by atoms with E-state index in [4.69, 9.17) is 13.9 Å². The van der Waals surface area contributed by atoms with Crippen LogP contribution in [0.15, 0.2) is 28.2 Å². The molecule has 0 aliphatic carbocycles. The molecule has 2 aliphatic heterocycles. The number of rotatable bonds is 4. The van der Waals surface area contributed by atoms with E-state index in [2.05, 4.69) is 11.4 Å². The van der Waals surface area contributed by atoms with Crippen molar-refractivity contribution in [2.75, 3.05) is 39.5 Å². The number of hydrogen-bond donors (Lipinski definition) is 1. The lowest BCUT2D eigenvalue weighted by atomic mass is 10.1. The van der Waals surface area contributed by atoms with Gasteiger partial charge in [0.25, 0.3) is 0 Å². The normalized spacial score (nSPS) is 21.9. The van der Waals surface area contributed by atoms with Gasteiger partial charge in [-0.25, -0.2) is 4.79 Å². The van der Waals surface area contributed by atoms with Crippen LogP contribution in [0.1, 0.15) is 30.5 Å². The summed E-state index contributed by atoms with van der Waals surface area (Å²) in [6.45, 7) is 5.70. The van der Waals surface area contributed by atoms with Crippen molar-refractivity contribution in [2.24, 2.45) is 0 Å². The third-order valence-corrected chi connectivity index (χ3v) is 4.21. The maximum atomic E-state index is 12.3. The summed E-state index contributed by atoms with van der Waals surface area (Å²) in [5.74, 6) is 1.64. The highest BCUT2D eigenvalue weighted by molar-refractivity contribution is 5.74. The molecule has 23 heavy (non-hydrogen) atoms. The lowest BCUT2D eigenvalue weighted by molar-refractivity contribution is -0.0263. The highest BCUT2D eigenvalue weighted by atomic mass is 16.5. The molecule has 1 aromatic heterocycles. The van der Waals surface area contributed by atoms with Gasteiger partial charge in [0.15, 0.2) is 0 Å².